The minimum Gasteiger partial charge on any atom is -0.446 e. The van der Waals surface area contributed by atoms with Crippen molar-refractivity contribution >= 4 is 5.90 Å². The molecule has 1 heterocycles. The average Bonchev–Trinajstić information content (AvgIpc) is 2.54. The molecule has 0 saturated heterocycles. The van der Waals surface area contributed by atoms with Gasteiger partial charge in [-0.05, 0) is 12.1 Å². The molecule has 0 radical (unpaired) electrons. The van der Waals surface area contributed by atoms with Gasteiger partial charge >= 0.3 is 0 Å². The number of hydrogen-bond donors (Lipinski definition) is 1. The first-order valence-corrected chi connectivity index (χ1v) is 3.81. The molecule has 0 bridgehead atoms. The van der Waals surface area contributed by atoms with Gasteiger partial charge in [-0.15, -0.1) is 0 Å². The van der Waals surface area contributed by atoms with Crippen LogP contribution in [0.25, 0.3) is 0 Å². The minimum atomic E-state index is -0.764. The molecule has 1 aliphatic heterocycles. The molecule has 62 valence electrons. The number of benzene rings is 1. The minimum absolute atomic E-state index is 0.338. The van der Waals surface area contributed by atoms with Crippen molar-refractivity contribution in [3.05, 3.63) is 35.9 Å². The lowest BCUT2D eigenvalue weighted by Crippen LogP contribution is -2.11. The fraction of sp³-hybridized carbons (Fsp3) is 0.222. The van der Waals surface area contributed by atoms with Crippen LogP contribution < -0.4 is 0 Å². The van der Waals surface area contributed by atoms with Crippen molar-refractivity contribution in [1.29, 1.82) is 0 Å². The Hall–Kier alpha value is -1.35. The number of aliphatic hydroxyl groups is 1. The zero-order valence-electron chi connectivity index (χ0n) is 6.47. The number of aliphatic imine (C=N–C) groups is 1. The van der Waals surface area contributed by atoms with Crippen LogP contribution in [0.15, 0.2) is 35.3 Å². The zero-order chi connectivity index (χ0) is 8.39. The number of nitrogens with zero attached hydrogens (tertiary/aromatic N) is 1. The molecule has 0 fully saturated rings. The summed E-state index contributed by atoms with van der Waals surface area (Å²) < 4.78 is 5.05. The van der Waals surface area contributed by atoms with Gasteiger partial charge in [-0.1, -0.05) is 18.2 Å². The van der Waals surface area contributed by atoms with E-state index in [-0.39, 0.29) is 0 Å². The number of rotatable bonds is 1. The molecule has 0 amide bonds. The summed E-state index contributed by atoms with van der Waals surface area (Å²) in [6.45, 7) is 0.338. The molecule has 0 aromatic heterocycles. The molecule has 1 unspecified atom stereocenters. The molecule has 1 N–H and O–H groups in total. The molecule has 0 spiro atoms. The van der Waals surface area contributed by atoms with E-state index in [2.05, 4.69) is 4.99 Å². The number of hydrogen-bond acceptors (Lipinski definition) is 3. The highest BCUT2D eigenvalue weighted by Crippen LogP contribution is 2.09. The summed E-state index contributed by atoms with van der Waals surface area (Å²) in [6, 6.07) is 9.54. The first kappa shape index (κ1) is 7.31. The topological polar surface area (TPSA) is 41.8 Å². The normalized spacial score (nSPS) is 21.8. The van der Waals surface area contributed by atoms with E-state index in [9.17, 15) is 0 Å². The Balaban J connectivity index is 2.22. The van der Waals surface area contributed by atoms with Crippen molar-refractivity contribution in [3.8, 4) is 0 Å². The molecular formula is C9H9NO2. The summed E-state index contributed by atoms with van der Waals surface area (Å²) in [7, 11) is 0. The first-order valence-electron chi connectivity index (χ1n) is 3.81. The Labute approximate surface area is 70.3 Å². The maximum absolute atomic E-state index is 9.02. The van der Waals surface area contributed by atoms with Gasteiger partial charge in [-0.25, -0.2) is 4.99 Å². The van der Waals surface area contributed by atoms with Gasteiger partial charge in [0.2, 0.25) is 12.2 Å². The molecule has 3 heteroatoms. The van der Waals surface area contributed by atoms with E-state index in [4.69, 9.17) is 9.84 Å². The summed E-state index contributed by atoms with van der Waals surface area (Å²) in [5.41, 5.74) is 0.911. The molecule has 2 rings (SSSR count). The average molecular weight is 163 g/mol. The van der Waals surface area contributed by atoms with Crippen LogP contribution in [0.2, 0.25) is 0 Å². The largest absolute Gasteiger partial charge is 0.446 e. The maximum Gasteiger partial charge on any atom is 0.219 e. The van der Waals surface area contributed by atoms with Gasteiger partial charge in [0, 0.05) is 5.56 Å². The van der Waals surface area contributed by atoms with Crippen LogP contribution in [0.1, 0.15) is 5.56 Å². The van der Waals surface area contributed by atoms with Gasteiger partial charge in [-0.2, -0.15) is 0 Å². The van der Waals surface area contributed by atoms with Gasteiger partial charge < -0.3 is 9.84 Å². The van der Waals surface area contributed by atoms with E-state index < -0.39 is 6.29 Å². The van der Waals surface area contributed by atoms with Crippen LogP contribution >= 0.6 is 0 Å². The Morgan fingerprint density at radius 1 is 1.33 bits per heavy atom. The fourth-order valence-electron chi connectivity index (χ4n) is 1.10. The van der Waals surface area contributed by atoms with Crippen LogP contribution in [0.5, 0.6) is 0 Å². The highest BCUT2D eigenvalue weighted by Gasteiger charge is 2.17. The number of aliphatic hydroxyl groups excluding tert-OH is 1. The summed E-state index contributed by atoms with van der Waals surface area (Å²) in [4.78, 5) is 4.03. The summed E-state index contributed by atoms with van der Waals surface area (Å²) in [6.07, 6.45) is -0.764. The van der Waals surface area contributed by atoms with Crippen LogP contribution in [0.3, 0.4) is 0 Å². The lowest BCUT2D eigenvalue weighted by atomic mass is 10.2. The van der Waals surface area contributed by atoms with Crippen LogP contribution in [0, 0.1) is 0 Å². The van der Waals surface area contributed by atoms with Crippen molar-refractivity contribution in [1.82, 2.24) is 0 Å². The summed E-state index contributed by atoms with van der Waals surface area (Å²) in [5, 5.41) is 9.02. The van der Waals surface area contributed by atoms with Crippen molar-refractivity contribution < 1.29 is 9.84 Å². The van der Waals surface area contributed by atoms with Crippen molar-refractivity contribution in [3.63, 3.8) is 0 Å². The molecule has 12 heavy (non-hydrogen) atoms. The predicted molar refractivity (Wildman–Crippen MR) is 44.9 cm³/mol. The quantitative estimate of drug-likeness (QED) is 0.664. The molecule has 3 nitrogen and oxygen atoms in total. The second-order valence-electron chi connectivity index (χ2n) is 2.58. The Morgan fingerprint density at radius 2 is 2.08 bits per heavy atom. The van der Waals surface area contributed by atoms with E-state index in [0.717, 1.165) is 5.56 Å². The predicted octanol–water partition coefficient (Wildman–Crippen LogP) is 0.782. The number of ether oxygens (including phenoxy) is 1. The Kier molecular flexibility index (Phi) is 1.80. The van der Waals surface area contributed by atoms with E-state index >= 15 is 0 Å². The molecular weight excluding hydrogens is 154 g/mol. The third-order valence-corrected chi connectivity index (χ3v) is 1.66. The standard InChI is InChI=1S/C9H9NO2/c11-8-6-10-9(12-8)7-4-2-1-3-5-7/h1-5,8,11H,6H2. The van der Waals surface area contributed by atoms with Gasteiger partial charge in [0.25, 0.3) is 0 Å². The van der Waals surface area contributed by atoms with Gasteiger partial charge in [0.1, 0.15) is 6.54 Å². The Morgan fingerprint density at radius 3 is 2.67 bits per heavy atom. The van der Waals surface area contributed by atoms with E-state index in [1.54, 1.807) is 0 Å². The van der Waals surface area contributed by atoms with Crippen molar-refractivity contribution in [2.24, 2.45) is 4.99 Å². The lowest BCUT2D eigenvalue weighted by molar-refractivity contribution is -0.00205. The zero-order valence-corrected chi connectivity index (χ0v) is 6.47. The molecule has 1 atom stereocenters. The second-order valence-corrected chi connectivity index (χ2v) is 2.58. The second kappa shape index (κ2) is 2.95. The molecule has 1 aromatic carbocycles. The molecule has 1 aliphatic rings. The van der Waals surface area contributed by atoms with E-state index in [1.807, 2.05) is 30.3 Å². The maximum atomic E-state index is 9.02. The smallest absolute Gasteiger partial charge is 0.219 e. The molecule has 0 saturated carbocycles. The third-order valence-electron chi connectivity index (χ3n) is 1.66. The fourth-order valence-corrected chi connectivity index (χ4v) is 1.10. The van der Waals surface area contributed by atoms with Gasteiger partial charge in [0.05, 0.1) is 0 Å². The first-order chi connectivity index (χ1) is 5.86. The summed E-state index contributed by atoms with van der Waals surface area (Å²) in [5.74, 6) is 0.531. The van der Waals surface area contributed by atoms with E-state index in [0.29, 0.717) is 12.4 Å². The van der Waals surface area contributed by atoms with Crippen molar-refractivity contribution in [2.45, 2.75) is 6.29 Å². The highest BCUT2D eigenvalue weighted by molar-refractivity contribution is 5.94. The van der Waals surface area contributed by atoms with E-state index in [1.165, 1.54) is 0 Å². The molecule has 0 aliphatic carbocycles. The van der Waals surface area contributed by atoms with Crippen LogP contribution in [-0.2, 0) is 4.74 Å². The van der Waals surface area contributed by atoms with Crippen molar-refractivity contribution in [2.75, 3.05) is 6.54 Å². The van der Waals surface area contributed by atoms with Gasteiger partial charge in [-0.3, -0.25) is 0 Å². The third kappa shape index (κ3) is 1.31. The van der Waals surface area contributed by atoms with Crippen LogP contribution in [-0.4, -0.2) is 23.8 Å². The summed E-state index contributed by atoms with van der Waals surface area (Å²) >= 11 is 0. The highest BCUT2D eigenvalue weighted by atomic mass is 16.6. The Bertz CT molecular complexity index is 295. The lowest BCUT2D eigenvalue weighted by Gasteiger charge is -2.03. The van der Waals surface area contributed by atoms with Crippen LogP contribution in [0.4, 0.5) is 0 Å². The SMILES string of the molecule is OC1CN=C(c2ccccc2)O1. The van der Waals surface area contributed by atoms with Gasteiger partial charge in [0.15, 0.2) is 0 Å². The monoisotopic (exact) mass is 163 g/mol. The molecule has 1 aromatic rings.